The van der Waals surface area contributed by atoms with Crippen LogP contribution >= 0.6 is 0 Å². The molecule has 0 fully saturated rings. The molecule has 1 N–H and O–H groups in total. The van der Waals surface area contributed by atoms with Crippen LogP contribution in [0.15, 0.2) is 29.2 Å². The van der Waals surface area contributed by atoms with E-state index in [1.165, 1.54) is 12.1 Å². The number of hydrogen-bond acceptors (Lipinski definition) is 4. The van der Waals surface area contributed by atoms with Crippen LogP contribution in [-0.4, -0.2) is 27.3 Å². The summed E-state index contributed by atoms with van der Waals surface area (Å²) in [7, 11) is -3.28. The van der Waals surface area contributed by atoms with Gasteiger partial charge in [0.1, 0.15) is 0 Å². The van der Waals surface area contributed by atoms with E-state index in [-0.39, 0.29) is 10.6 Å². The van der Waals surface area contributed by atoms with Gasteiger partial charge >= 0.3 is 0 Å². The van der Waals surface area contributed by atoms with Crippen LogP contribution in [0, 0.1) is 11.3 Å². The molecule has 0 atom stereocenters. The Labute approximate surface area is 95.8 Å². The summed E-state index contributed by atoms with van der Waals surface area (Å²) in [6.07, 6.45) is 0. The summed E-state index contributed by atoms with van der Waals surface area (Å²) in [5.74, 6) is 0.0513. The van der Waals surface area contributed by atoms with E-state index in [0.717, 1.165) is 6.54 Å². The molecule has 0 unspecified atom stereocenters. The molecule has 86 valence electrons. The number of nitrogens with zero attached hydrogens (tertiary/aromatic N) is 1. The molecule has 0 aliphatic rings. The maximum absolute atomic E-state index is 11.8. The van der Waals surface area contributed by atoms with Gasteiger partial charge in [-0.25, -0.2) is 8.42 Å². The van der Waals surface area contributed by atoms with E-state index >= 15 is 0 Å². The van der Waals surface area contributed by atoms with Crippen LogP contribution in [0.3, 0.4) is 0 Å². The van der Waals surface area contributed by atoms with E-state index in [4.69, 9.17) is 5.26 Å². The Kier molecular flexibility index (Phi) is 4.47. The van der Waals surface area contributed by atoms with Crippen molar-refractivity contribution < 1.29 is 8.42 Å². The Morgan fingerprint density at radius 1 is 1.44 bits per heavy atom. The van der Waals surface area contributed by atoms with Crippen LogP contribution in [-0.2, 0) is 9.84 Å². The lowest BCUT2D eigenvalue weighted by atomic mass is 10.2. The summed E-state index contributed by atoms with van der Waals surface area (Å²) in [6.45, 7) is 3.09. The van der Waals surface area contributed by atoms with Gasteiger partial charge in [-0.1, -0.05) is 13.0 Å². The first-order chi connectivity index (χ1) is 7.60. The van der Waals surface area contributed by atoms with E-state index in [1.807, 2.05) is 13.0 Å². The van der Waals surface area contributed by atoms with E-state index in [1.54, 1.807) is 12.1 Å². The minimum Gasteiger partial charge on any atom is -0.316 e. The third-order valence-corrected chi connectivity index (χ3v) is 3.83. The quantitative estimate of drug-likeness (QED) is 0.775. The monoisotopic (exact) mass is 238 g/mol. The average molecular weight is 238 g/mol. The Balaban J connectivity index is 2.86. The molecule has 0 saturated heterocycles. The van der Waals surface area contributed by atoms with Crippen molar-refractivity contribution in [1.29, 1.82) is 5.26 Å². The van der Waals surface area contributed by atoms with Gasteiger partial charge < -0.3 is 5.32 Å². The highest BCUT2D eigenvalue weighted by molar-refractivity contribution is 7.91. The summed E-state index contributed by atoms with van der Waals surface area (Å²) in [6, 6.07) is 8.02. The molecule has 1 aromatic carbocycles. The highest BCUT2D eigenvalue weighted by Gasteiger charge is 2.13. The van der Waals surface area contributed by atoms with Crippen molar-refractivity contribution in [2.24, 2.45) is 0 Å². The molecule has 5 heteroatoms. The zero-order valence-electron chi connectivity index (χ0n) is 9.10. The molecule has 16 heavy (non-hydrogen) atoms. The zero-order valence-corrected chi connectivity index (χ0v) is 9.92. The van der Waals surface area contributed by atoms with Crippen molar-refractivity contribution in [3.63, 3.8) is 0 Å². The number of hydrogen-bond donors (Lipinski definition) is 1. The summed E-state index contributed by atoms with van der Waals surface area (Å²) in [5.41, 5.74) is 0.365. The molecule has 1 rings (SSSR count). The fraction of sp³-hybridized carbons (Fsp3) is 0.364. The second-order valence-corrected chi connectivity index (χ2v) is 5.42. The predicted molar refractivity (Wildman–Crippen MR) is 61.8 cm³/mol. The van der Waals surface area contributed by atoms with Crippen molar-refractivity contribution in [3.8, 4) is 6.07 Å². The smallest absolute Gasteiger partial charge is 0.179 e. The van der Waals surface area contributed by atoms with Gasteiger partial charge in [0.05, 0.1) is 22.3 Å². The first-order valence-corrected chi connectivity index (χ1v) is 6.69. The second-order valence-electron chi connectivity index (χ2n) is 3.31. The van der Waals surface area contributed by atoms with Gasteiger partial charge in [0, 0.05) is 6.54 Å². The van der Waals surface area contributed by atoms with Gasteiger partial charge in [-0.15, -0.1) is 0 Å². The first-order valence-electron chi connectivity index (χ1n) is 5.04. The fourth-order valence-corrected chi connectivity index (χ4v) is 2.50. The van der Waals surface area contributed by atoms with Crippen LogP contribution in [0.2, 0.25) is 0 Å². The average Bonchev–Trinajstić information content (AvgIpc) is 2.29. The fourth-order valence-electron chi connectivity index (χ4n) is 1.26. The lowest BCUT2D eigenvalue weighted by Gasteiger charge is -2.04. The summed E-state index contributed by atoms with van der Waals surface area (Å²) >= 11 is 0. The Morgan fingerprint density at radius 3 is 2.81 bits per heavy atom. The van der Waals surface area contributed by atoms with Crippen LogP contribution < -0.4 is 5.32 Å². The highest BCUT2D eigenvalue weighted by Crippen LogP contribution is 2.12. The zero-order chi connectivity index (χ0) is 12.0. The summed E-state index contributed by atoms with van der Waals surface area (Å²) < 4.78 is 23.7. The molecule has 0 aromatic heterocycles. The topological polar surface area (TPSA) is 70.0 Å². The lowest BCUT2D eigenvalue weighted by Crippen LogP contribution is -2.22. The molecule has 0 heterocycles. The van der Waals surface area contributed by atoms with Crippen molar-refractivity contribution >= 4 is 9.84 Å². The van der Waals surface area contributed by atoms with Crippen molar-refractivity contribution in [3.05, 3.63) is 29.8 Å². The van der Waals surface area contributed by atoms with Crippen LogP contribution in [0.25, 0.3) is 0 Å². The van der Waals surface area contributed by atoms with E-state index < -0.39 is 9.84 Å². The largest absolute Gasteiger partial charge is 0.316 e. The lowest BCUT2D eigenvalue weighted by molar-refractivity contribution is 0.592. The predicted octanol–water partition coefficient (Wildman–Crippen LogP) is 0.941. The van der Waals surface area contributed by atoms with E-state index in [2.05, 4.69) is 5.32 Å². The highest BCUT2D eigenvalue weighted by atomic mass is 32.2. The summed E-state index contributed by atoms with van der Waals surface area (Å²) in [4.78, 5) is 0.212. The van der Waals surface area contributed by atoms with E-state index in [9.17, 15) is 8.42 Å². The summed E-state index contributed by atoms with van der Waals surface area (Å²) in [5, 5.41) is 11.6. The van der Waals surface area contributed by atoms with Crippen LogP contribution in [0.1, 0.15) is 12.5 Å². The minimum absolute atomic E-state index is 0.0513. The van der Waals surface area contributed by atoms with Crippen molar-refractivity contribution in [1.82, 2.24) is 5.32 Å². The number of sulfone groups is 1. The van der Waals surface area contributed by atoms with Gasteiger partial charge in [0.25, 0.3) is 0 Å². The van der Waals surface area contributed by atoms with Crippen molar-refractivity contribution in [2.45, 2.75) is 11.8 Å². The van der Waals surface area contributed by atoms with Gasteiger partial charge in [-0.05, 0) is 24.7 Å². The van der Waals surface area contributed by atoms with Crippen molar-refractivity contribution in [2.75, 3.05) is 18.8 Å². The number of nitriles is 1. The molecule has 0 spiro atoms. The molecule has 0 aliphatic carbocycles. The molecule has 0 amide bonds. The van der Waals surface area contributed by atoms with E-state index in [0.29, 0.717) is 12.1 Å². The minimum atomic E-state index is -3.28. The van der Waals surface area contributed by atoms with Gasteiger partial charge in [0.15, 0.2) is 9.84 Å². The Bertz CT molecular complexity index is 489. The Hall–Kier alpha value is -1.38. The van der Waals surface area contributed by atoms with Gasteiger partial charge in [-0.2, -0.15) is 5.26 Å². The standard InChI is InChI=1S/C11H14N2O2S/c1-2-13-6-7-16(14,15)11-5-3-4-10(8-11)9-12/h3-5,8,13H,2,6-7H2,1H3. The number of rotatable bonds is 5. The molecule has 0 saturated carbocycles. The molecular weight excluding hydrogens is 224 g/mol. The van der Waals surface area contributed by atoms with Crippen LogP contribution in [0.4, 0.5) is 0 Å². The third-order valence-electron chi connectivity index (χ3n) is 2.12. The van der Waals surface area contributed by atoms with Gasteiger partial charge in [0.2, 0.25) is 0 Å². The molecular formula is C11H14N2O2S. The number of nitrogens with one attached hydrogen (secondary N) is 1. The Morgan fingerprint density at radius 2 is 2.19 bits per heavy atom. The second kappa shape index (κ2) is 5.64. The van der Waals surface area contributed by atoms with Gasteiger partial charge in [-0.3, -0.25) is 0 Å². The maximum atomic E-state index is 11.8. The molecule has 0 aliphatic heterocycles. The molecule has 0 bridgehead atoms. The maximum Gasteiger partial charge on any atom is 0.179 e. The first kappa shape index (κ1) is 12.7. The van der Waals surface area contributed by atoms with Crippen LogP contribution in [0.5, 0.6) is 0 Å². The normalized spacial score (nSPS) is 11.0. The third kappa shape index (κ3) is 3.33. The SMILES string of the molecule is CCNCCS(=O)(=O)c1cccc(C#N)c1. The molecule has 4 nitrogen and oxygen atoms in total. The molecule has 0 radical (unpaired) electrons. The molecule has 1 aromatic rings. The number of benzene rings is 1.